The van der Waals surface area contributed by atoms with E-state index >= 15 is 0 Å². The second-order valence-electron chi connectivity index (χ2n) is 4.55. The third-order valence-electron chi connectivity index (χ3n) is 3.17. The second-order valence-corrected chi connectivity index (χ2v) is 7.00. The quantitative estimate of drug-likeness (QED) is 0.565. The van der Waals surface area contributed by atoms with Crippen molar-refractivity contribution in [3.8, 4) is 0 Å². The van der Waals surface area contributed by atoms with Gasteiger partial charge in [0.2, 0.25) is 0 Å². The van der Waals surface area contributed by atoms with Gasteiger partial charge < -0.3 is 5.32 Å². The molecule has 2 rings (SSSR count). The first-order valence-corrected chi connectivity index (χ1v) is 7.95. The Morgan fingerprint density at radius 1 is 1.33 bits per heavy atom. The molecule has 1 aliphatic carbocycles. The maximum absolute atomic E-state index is 13.0. The Balaban J connectivity index is 1.99. The van der Waals surface area contributed by atoms with Gasteiger partial charge in [0, 0.05) is 14.4 Å². The van der Waals surface area contributed by atoms with Crippen molar-refractivity contribution < 1.29 is 9.18 Å². The summed E-state index contributed by atoms with van der Waals surface area (Å²) in [7, 11) is 0. The largest absolute Gasteiger partial charge is 0.349 e. The van der Waals surface area contributed by atoms with Crippen molar-refractivity contribution in [3.63, 3.8) is 0 Å². The van der Waals surface area contributed by atoms with Crippen molar-refractivity contribution in [1.29, 1.82) is 0 Å². The van der Waals surface area contributed by atoms with Crippen LogP contribution in [0.25, 0.3) is 0 Å². The molecule has 5 heteroatoms. The SMILES string of the molecule is O=C(NC1CCC(Br)CC1)c1ccc(F)cc1I. The first kappa shape index (κ1) is 14.2. The van der Waals surface area contributed by atoms with E-state index in [4.69, 9.17) is 0 Å². The first-order valence-electron chi connectivity index (χ1n) is 5.96. The van der Waals surface area contributed by atoms with Gasteiger partial charge in [0.25, 0.3) is 5.91 Å². The van der Waals surface area contributed by atoms with E-state index in [0.717, 1.165) is 25.7 Å². The minimum absolute atomic E-state index is 0.0996. The third kappa shape index (κ3) is 3.66. The molecule has 0 heterocycles. The van der Waals surface area contributed by atoms with Crippen LogP contribution in [-0.2, 0) is 0 Å². The zero-order valence-electron chi connectivity index (χ0n) is 9.76. The third-order valence-corrected chi connectivity index (χ3v) is 4.98. The summed E-state index contributed by atoms with van der Waals surface area (Å²) in [4.78, 5) is 12.7. The predicted molar refractivity (Wildman–Crippen MR) is 81.6 cm³/mol. The smallest absolute Gasteiger partial charge is 0.252 e. The number of nitrogens with one attached hydrogen (secondary N) is 1. The highest BCUT2D eigenvalue weighted by Crippen LogP contribution is 2.24. The monoisotopic (exact) mass is 425 g/mol. The van der Waals surface area contributed by atoms with Gasteiger partial charge in [-0.1, -0.05) is 15.9 Å². The Bertz CT molecular complexity index is 447. The minimum atomic E-state index is -0.309. The summed E-state index contributed by atoms with van der Waals surface area (Å²) in [6.45, 7) is 0. The fourth-order valence-corrected chi connectivity index (χ4v) is 3.38. The number of benzene rings is 1. The van der Waals surface area contributed by atoms with Gasteiger partial charge in [-0.3, -0.25) is 4.79 Å². The summed E-state index contributed by atoms with van der Waals surface area (Å²) in [6.07, 6.45) is 4.18. The maximum atomic E-state index is 13.0. The molecule has 98 valence electrons. The number of rotatable bonds is 2. The Morgan fingerprint density at radius 3 is 2.61 bits per heavy atom. The molecule has 0 aromatic heterocycles. The van der Waals surface area contributed by atoms with Crippen LogP contribution in [0, 0.1) is 9.39 Å². The molecule has 1 aromatic carbocycles. The van der Waals surface area contributed by atoms with Crippen LogP contribution in [0.1, 0.15) is 36.0 Å². The Morgan fingerprint density at radius 2 is 2.00 bits per heavy atom. The van der Waals surface area contributed by atoms with E-state index in [2.05, 4.69) is 21.2 Å². The predicted octanol–water partition coefficient (Wildman–Crippen LogP) is 3.87. The van der Waals surface area contributed by atoms with Gasteiger partial charge in [0.15, 0.2) is 0 Å². The Labute approximate surface area is 128 Å². The van der Waals surface area contributed by atoms with E-state index in [1.165, 1.54) is 12.1 Å². The number of carbonyl (C=O) groups is 1. The molecular formula is C13H14BrFINO. The molecule has 1 aromatic rings. The summed E-state index contributed by atoms with van der Waals surface area (Å²) in [5.41, 5.74) is 0.554. The van der Waals surface area contributed by atoms with E-state index in [1.54, 1.807) is 6.07 Å². The molecule has 0 saturated heterocycles. The molecule has 1 N–H and O–H groups in total. The summed E-state index contributed by atoms with van der Waals surface area (Å²) in [6, 6.07) is 4.49. The van der Waals surface area contributed by atoms with Crippen molar-refractivity contribution in [2.24, 2.45) is 0 Å². The zero-order valence-corrected chi connectivity index (χ0v) is 13.5. The van der Waals surface area contributed by atoms with E-state index in [1.807, 2.05) is 22.6 Å². The van der Waals surface area contributed by atoms with Crippen LogP contribution >= 0.6 is 38.5 Å². The van der Waals surface area contributed by atoms with Gasteiger partial charge in [-0.2, -0.15) is 0 Å². The molecule has 2 nitrogen and oxygen atoms in total. The fourth-order valence-electron chi connectivity index (χ4n) is 2.13. The summed E-state index contributed by atoms with van der Waals surface area (Å²) in [5, 5.41) is 3.03. The molecule has 18 heavy (non-hydrogen) atoms. The highest BCUT2D eigenvalue weighted by molar-refractivity contribution is 14.1. The molecule has 0 unspecified atom stereocenters. The number of carbonyl (C=O) groups excluding carboxylic acids is 1. The average molecular weight is 426 g/mol. The van der Waals surface area contributed by atoms with E-state index in [9.17, 15) is 9.18 Å². The highest BCUT2D eigenvalue weighted by Gasteiger charge is 2.21. The topological polar surface area (TPSA) is 29.1 Å². The lowest BCUT2D eigenvalue weighted by atomic mass is 9.95. The van der Waals surface area contributed by atoms with Crippen molar-refractivity contribution in [2.45, 2.75) is 36.6 Å². The van der Waals surface area contributed by atoms with Gasteiger partial charge in [-0.05, 0) is 66.5 Å². The number of halogens is 3. The Kier molecular flexibility index (Phi) is 5.00. The van der Waals surface area contributed by atoms with Crippen molar-refractivity contribution in [3.05, 3.63) is 33.1 Å². The lowest BCUT2D eigenvalue weighted by molar-refractivity contribution is 0.0927. The van der Waals surface area contributed by atoms with Gasteiger partial charge in [-0.15, -0.1) is 0 Å². The second kappa shape index (κ2) is 6.32. The average Bonchev–Trinajstić information content (AvgIpc) is 2.32. The van der Waals surface area contributed by atoms with Crippen LogP contribution in [0.5, 0.6) is 0 Å². The molecule has 1 aliphatic rings. The number of alkyl halides is 1. The molecule has 1 fully saturated rings. The van der Waals surface area contributed by atoms with Crippen molar-refractivity contribution >= 4 is 44.4 Å². The van der Waals surface area contributed by atoms with Crippen LogP contribution < -0.4 is 5.32 Å². The van der Waals surface area contributed by atoms with E-state index in [0.29, 0.717) is 14.0 Å². The molecule has 0 radical (unpaired) electrons. The molecular weight excluding hydrogens is 412 g/mol. The van der Waals surface area contributed by atoms with E-state index < -0.39 is 0 Å². The van der Waals surface area contributed by atoms with Gasteiger partial charge in [0.1, 0.15) is 5.82 Å². The van der Waals surface area contributed by atoms with Crippen LogP contribution in [-0.4, -0.2) is 16.8 Å². The minimum Gasteiger partial charge on any atom is -0.349 e. The maximum Gasteiger partial charge on any atom is 0.252 e. The molecule has 0 spiro atoms. The summed E-state index contributed by atoms with van der Waals surface area (Å²) in [5.74, 6) is -0.409. The highest BCUT2D eigenvalue weighted by atomic mass is 127. The fraction of sp³-hybridized carbons (Fsp3) is 0.462. The van der Waals surface area contributed by atoms with Gasteiger partial charge in [0.05, 0.1) is 5.56 Å². The van der Waals surface area contributed by atoms with Crippen molar-refractivity contribution in [2.75, 3.05) is 0 Å². The molecule has 0 atom stereocenters. The van der Waals surface area contributed by atoms with Gasteiger partial charge in [-0.25, -0.2) is 4.39 Å². The lowest BCUT2D eigenvalue weighted by Gasteiger charge is -2.26. The van der Waals surface area contributed by atoms with Crippen LogP contribution in [0.2, 0.25) is 0 Å². The first-order chi connectivity index (χ1) is 8.56. The lowest BCUT2D eigenvalue weighted by Crippen LogP contribution is -2.38. The Hall–Kier alpha value is -0.170. The number of hydrogen-bond acceptors (Lipinski definition) is 1. The number of amides is 1. The van der Waals surface area contributed by atoms with Crippen LogP contribution in [0.3, 0.4) is 0 Å². The number of hydrogen-bond donors (Lipinski definition) is 1. The summed E-state index contributed by atoms with van der Waals surface area (Å²) < 4.78 is 13.6. The molecule has 0 bridgehead atoms. The van der Waals surface area contributed by atoms with Crippen LogP contribution in [0.4, 0.5) is 4.39 Å². The van der Waals surface area contributed by atoms with E-state index in [-0.39, 0.29) is 17.8 Å². The molecule has 1 saturated carbocycles. The normalized spacial score (nSPS) is 23.7. The summed E-state index contributed by atoms with van der Waals surface area (Å²) >= 11 is 5.58. The molecule has 1 amide bonds. The standard InChI is InChI=1S/C13H14BrFINO/c14-8-1-4-10(5-2-8)17-13(18)11-6-3-9(15)7-12(11)16/h3,6-8,10H,1-2,4-5H2,(H,17,18). The van der Waals surface area contributed by atoms with Crippen molar-refractivity contribution in [1.82, 2.24) is 5.32 Å². The van der Waals surface area contributed by atoms with Crippen LogP contribution in [0.15, 0.2) is 18.2 Å². The van der Waals surface area contributed by atoms with Gasteiger partial charge >= 0.3 is 0 Å². The zero-order chi connectivity index (χ0) is 13.1. The molecule has 0 aliphatic heterocycles.